The first kappa shape index (κ1) is 18.7. The highest BCUT2D eigenvalue weighted by atomic mass is 35.5. The lowest BCUT2D eigenvalue weighted by molar-refractivity contribution is -0.138. The van der Waals surface area contributed by atoms with Gasteiger partial charge in [0.2, 0.25) is 5.91 Å². The van der Waals surface area contributed by atoms with E-state index in [1.165, 1.54) is 0 Å². The minimum Gasteiger partial charge on any atom is -0.385 e. The number of carbonyl (C=O) groups is 1. The molecule has 3 N–H and O–H groups in total. The monoisotopic (exact) mass is 292 g/mol. The first-order valence-corrected chi connectivity index (χ1v) is 7.18. The molecule has 0 aliphatic heterocycles. The minimum absolute atomic E-state index is 0. The van der Waals surface area contributed by atoms with E-state index in [9.17, 15) is 4.79 Å². The molecule has 0 aromatic heterocycles. The Morgan fingerprint density at radius 3 is 2.58 bits per heavy atom. The summed E-state index contributed by atoms with van der Waals surface area (Å²) in [4.78, 5) is 12.4. The van der Waals surface area contributed by atoms with Gasteiger partial charge in [-0.15, -0.1) is 12.4 Å². The molecule has 1 amide bonds. The summed E-state index contributed by atoms with van der Waals surface area (Å²) in [5, 5.41) is 3.13. The Hall–Kier alpha value is -0.320. The predicted octanol–water partition coefficient (Wildman–Crippen LogP) is 2.25. The number of unbranched alkanes of at least 4 members (excludes halogenated alkanes) is 1. The van der Waals surface area contributed by atoms with Crippen molar-refractivity contribution in [2.24, 2.45) is 11.1 Å². The number of nitrogens with two attached hydrogens (primary N) is 1. The number of halogens is 1. The average molecular weight is 293 g/mol. The minimum atomic E-state index is -0.171. The predicted molar refractivity (Wildman–Crippen MR) is 80.5 cm³/mol. The Balaban J connectivity index is 0.00000324. The summed E-state index contributed by atoms with van der Waals surface area (Å²) in [5.41, 5.74) is 5.55. The van der Waals surface area contributed by atoms with Crippen molar-refractivity contribution >= 4 is 18.3 Å². The van der Waals surface area contributed by atoms with E-state index in [0.717, 1.165) is 44.9 Å². The zero-order valence-electron chi connectivity index (χ0n) is 12.2. The summed E-state index contributed by atoms with van der Waals surface area (Å²) < 4.78 is 5.11. The van der Waals surface area contributed by atoms with Crippen LogP contribution in [0.25, 0.3) is 0 Å². The number of carbonyl (C=O) groups excluding carboxylic acids is 1. The molecule has 5 heteroatoms. The average Bonchev–Trinajstić information content (AvgIpc) is 2.33. The van der Waals surface area contributed by atoms with Crippen LogP contribution in [0.4, 0.5) is 0 Å². The third-order valence-electron chi connectivity index (χ3n) is 4.10. The molecule has 0 bridgehead atoms. The molecule has 0 heterocycles. The van der Waals surface area contributed by atoms with Gasteiger partial charge >= 0.3 is 0 Å². The van der Waals surface area contributed by atoms with Gasteiger partial charge in [0, 0.05) is 26.3 Å². The number of amides is 1. The maximum atomic E-state index is 12.4. The smallest absolute Gasteiger partial charge is 0.226 e. The van der Waals surface area contributed by atoms with E-state index in [1.807, 2.05) is 0 Å². The summed E-state index contributed by atoms with van der Waals surface area (Å²) in [5.74, 6) is 0.192. The van der Waals surface area contributed by atoms with Crippen LogP contribution in [0.5, 0.6) is 0 Å². The SMILES string of the molecule is CCCCC(CN)NC(=O)C1(CCOC)CCC1.Cl. The first-order valence-electron chi connectivity index (χ1n) is 7.18. The molecule has 19 heavy (non-hydrogen) atoms. The van der Waals surface area contributed by atoms with E-state index in [-0.39, 0.29) is 29.8 Å². The summed E-state index contributed by atoms with van der Waals surface area (Å²) in [6.07, 6.45) is 7.22. The van der Waals surface area contributed by atoms with E-state index >= 15 is 0 Å². The second-order valence-electron chi connectivity index (χ2n) is 5.42. The Labute approximate surface area is 123 Å². The van der Waals surface area contributed by atoms with Crippen LogP contribution < -0.4 is 11.1 Å². The van der Waals surface area contributed by atoms with Crippen LogP contribution >= 0.6 is 12.4 Å². The quantitative estimate of drug-likeness (QED) is 0.685. The first-order chi connectivity index (χ1) is 8.68. The molecule has 1 aliphatic rings. The van der Waals surface area contributed by atoms with E-state index < -0.39 is 0 Å². The van der Waals surface area contributed by atoms with Crippen LogP contribution in [0.2, 0.25) is 0 Å². The van der Waals surface area contributed by atoms with Crippen molar-refractivity contribution in [2.45, 2.75) is 57.9 Å². The van der Waals surface area contributed by atoms with Gasteiger partial charge in [-0.3, -0.25) is 4.79 Å². The summed E-state index contributed by atoms with van der Waals surface area (Å²) in [7, 11) is 1.69. The van der Waals surface area contributed by atoms with Gasteiger partial charge in [0.05, 0.1) is 5.41 Å². The molecule has 0 aromatic rings. The maximum absolute atomic E-state index is 12.4. The fourth-order valence-electron chi connectivity index (χ4n) is 2.53. The van der Waals surface area contributed by atoms with Gasteiger partial charge in [0.1, 0.15) is 0 Å². The lowest BCUT2D eigenvalue weighted by Crippen LogP contribution is -2.51. The fraction of sp³-hybridized carbons (Fsp3) is 0.929. The zero-order valence-corrected chi connectivity index (χ0v) is 13.1. The number of rotatable bonds is 9. The summed E-state index contributed by atoms with van der Waals surface area (Å²) >= 11 is 0. The Morgan fingerprint density at radius 1 is 1.47 bits per heavy atom. The van der Waals surface area contributed by atoms with Gasteiger partial charge < -0.3 is 15.8 Å². The normalized spacial score (nSPS) is 18.1. The Kier molecular flexibility index (Phi) is 9.40. The van der Waals surface area contributed by atoms with Crippen molar-refractivity contribution < 1.29 is 9.53 Å². The van der Waals surface area contributed by atoms with Gasteiger partial charge in [-0.2, -0.15) is 0 Å². The highest BCUT2D eigenvalue weighted by Crippen LogP contribution is 2.44. The van der Waals surface area contributed by atoms with Crippen molar-refractivity contribution in [1.82, 2.24) is 5.32 Å². The van der Waals surface area contributed by atoms with Crippen LogP contribution in [-0.2, 0) is 9.53 Å². The second-order valence-corrected chi connectivity index (χ2v) is 5.42. The van der Waals surface area contributed by atoms with Gasteiger partial charge in [-0.25, -0.2) is 0 Å². The van der Waals surface area contributed by atoms with Gasteiger partial charge in [-0.05, 0) is 25.7 Å². The largest absolute Gasteiger partial charge is 0.385 e. The Bertz CT molecular complexity index is 258. The van der Waals surface area contributed by atoms with Crippen molar-refractivity contribution in [3.63, 3.8) is 0 Å². The van der Waals surface area contributed by atoms with Gasteiger partial charge in [0.15, 0.2) is 0 Å². The fourth-order valence-corrected chi connectivity index (χ4v) is 2.53. The Morgan fingerprint density at radius 2 is 2.16 bits per heavy atom. The van der Waals surface area contributed by atoms with E-state index in [4.69, 9.17) is 10.5 Å². The van der Waals surface area contributed by atoms with Crippen LogP contribution in [0.15, 0.2) is 0 Å². The molecule has 0 spiro atoms. The molecule has 1 atom stereocenters. The molecule has 0 saturated heterocycles. The highest BCUT2D eigenvalue weighted by molar-refractivity contribution is 5.85. The molecule has 1 unspecified atom stereocenters. The van der Waals surface area contributed by atoms with Crippen LogP contribution in [0.1, 0.15) is 51.9 Å². The molecule has 0 aromatic carbocycles. The molecule has 1 saturated carbocycles. The van der Waals surface area contributed by atoms with Crippen molar-refractivity contribution in [3.05, 3.63) is 0 Å². The molecule has 0 radical (unpaired) electrons. The van der Waals surface area contributed by atoms with Crippen molar-refractivity contribution in [3.8, 4) is 0 Å². The van der Waals surface area contributed by atoms with Crippen LogP contribution in [0, 0.1) is 5.41 Å². The van der Waals surface area contributed by atoms with Crippen LogP contribution in [-0.4, -0.2) is 32.2 Å². The molecule has 1 aliphatic carbocycles. The van der Waals surface area contributed by atoms with Gasteiger partial charge in [-0.1, -0.05) is 26.2 Å². The number of ether oxygens (including phenoxy) is 1. The molecular weight excluding hydrogens is 264 g/mol. The van der Waals surface area contributed by atoms with E-state index in [2.05, 4.69) is 12.2 Å². The summed E-state index contributed by atoms with van der Waals surface area (Å²) in [6.45, 7) is 3.35. The number of nitrogens with one attached hydrogen (secondary N) is 1. The molecule has 1 fully saturated rings. The van der Waals surface area contributed by atoms with E-state index in [0.29, 0.717) is 13.2 Å². The second kappa shape index (κ2) is 9.56. The molecule has 4 nitrogen and oxygen atoms in total. The van der Waals surface area contributed by atoms with Crippen LogP contribution in [0.3, 0.4) is 0 Å². The third kappa shape index (κ3) is 5.28. The summed E-state index contributed by atoms with van der Waals surface area (Å²) in [6, 6.07) is 0.137. The maximum Gasteiger partial charge on any atom is 0.226 e. The standard InChI is InChI=1S/C14H28N2O2.ClH/c1-3-4-6-12(11-15)16-13(17)14(7-5-8-14)9-10-18-2;/h12H,3-11,15H2,1-2H3,(H,16,17);1H. The van der Waals surface area contributed by atoms with Crippen molar-refractivity contribution in [2.75, 3.05) is 20.3 Å². The number of hydrogen-bond donors (Lipinski definition) is 2. The lowest BCUT2D eigenvalue weighted by atomic mass is 9.66. The van der Waals surface area contributed by atoms with Crippen molar-refractivity contribution in [1.29, 1.82) is 0 Å². The topological polar surface area (TPSA) is 64.3 Å². The number of hydrogen-bond acceptors (Lipinski definition) is 3. The highest BCUT2D eigenvalue weighted by Gasteiger charge is 2.43. The van der Waals surface area contributed by atoms with Gasteiger partial charge in [0.25, 0.3) is 0 Å². The molecule has 114 valence electrons. The zero-order chi connectivity index (χ0) is 13.4. The molecular formula is C14H29ClN2O2. The number of methoxy groups -OCH3 is 1. The lowest BCUT2D eigenvalue weighted by Gasteiger charge is -2.41. The van der Waals surface area contributed by atoms with E-state index in [1.54, 1.807) is 7.11 Å². The molecule has 1 rings (SSSR count). The third-order valence-corrected chi connectivity index (χ3v) is 4.10.